The maximum Gasteiger partial charge on any atom is 0.287 e. The van der Waals surface area contributed by atoms with Gasteiger partial charge in [0.1, 0.15) is 11.7 Å². The van der Waals surface area contributed by atoms with Crippen molar-refractivity contribution in [1.82, 2.24) is 9.80 Å². The van der Waals surface area contributed by atoms with Crippen LogP contribution >= 0.6 is 43.2 Å². The van der Waals surface area contributed by atoms with Crippen molar-refractivity contribution in [3.05, 3.63) is 59.7 Å². The molecule has 10 aliphatic rings. The molecule has 10 heterocycles. The molecule has 0 N–H and O–H groups in total. The van der Waals surface area contributed by atoms with Crippen LogP contribution in [0.5, 0.6) is 0 Å². The van der Waals surface area contributed by atoms with Crippen LogP contribution in [0.1, 0.15) is 24.0 Å². The van der Waals surface area contributed by atoms with E-state index in [1.807, 2.05) is 48.5 Å². The number of hydrogen-bond acceptors (Lipinski definition) is 10. The summed E-state index contributed by atoms with van der Waals surface area (Å²) >= 11 is 0. The lowest BCUT2D eigenvalue weighted by atomic mass is 9.54. The molecular weight excluding hydrogens is 589 g/mol. The van der Waals surface area contributed by atoms with E-state index in [4.69, 9.17) is 9.98 Å². The van der Waals surface area contributed by atoms with E-state index in [-0.39, 0.29) is 34.7 Å². The summed E-state index contributed by atoms with van der Waals surface area (Å²) in [7, 11) is 5.09. The van der Waals surface area contributed by atoms with Gasteiger partial charge in [0.2, 0.25) is 0 Å². The standard InChI is InChI=1S/C26H12N6O4S4/c33-17-15-29-21(35)25(39-37-15)9-23(11-5-1-3-7-13(11)27-19(23)31(17)25)24-10-26-22(36)30-16(38-40-26)18(34)32(26)20(24)28-14-8-4-2-6-12(14)24/h1-8H,9-10H2. The summed E-state index contributed by atoms with van der Waals surface area (Å²) in [6.07, 6.45) is 0.361. The quantitative estimate of drug-likeness (QED) is 0.456. The fourth-order valence-corrected chi connectivity index (χ4v) is 13.2. The number of benzene rings is 2. The molecule has 194 valence electrons. The minimum absolute atomic E-state index is 0.137. The van der Waals surface area contributed by atoms with Gasteiger partial charge in [0, 0.05) is 12.8 Å². The highest BCUT2D eigenvalue weighted by Gasteiger charge is 2.83. The number of fused-ring (bicyclic) bond motifs is 11. The predicted octanol–water partition coefficient (Wildman–Crippen LogP) is 3.47. The Morgan fingerprint density at radius 2 is 1.02 bits per heavy atom. The van der Waals surface area contributed by atoms with Crippen LogP contribution in [0, 0.1) is 0 Å². The van der Waals surface area contributed by atoms with Crippen LogP contribution in [-0.2, 0) is 30.0 Å². The molecule has 0 saturated carbocycles. The fraction of sp³-hybridized carbons (Fsp3) is 0.231. The van der Waals surface area contributed by atoms with Crippen molar-refractivity contribution in [2.24, 2.45) is 20.0 Å². The summed E-state index contributed by atoms with van der Waals surface area (Å²) in [5, 5.41) is 0.274. The molecule has 4 amide bonds. The zero-order valence-electron chi connectivity index (χ0n) is 20.0. The lowest BCUT2D eigenvalue weighted by molar-refractivity contribution is -0.132. The number of para-hydroxylation sites is 2. The number of aliphatic imine (C=N–C) groups is 4. The molecule has 4 bridgehead atoms. The summed E-state index contributed by atoms with van der Waals surface area (Å²) in [6, 6.07) is 15.4. The molecule has 0 aromatic heterocycles. The first-order valence-electron chi connectivity index (χ1n) is 12.4. The van der Waals surface area contributed by atoms with Crippen molar-refractivity contribution in [3.63, 3.8) is 0 Å². The molecule has 4 saturated heterocycles. The van der Waals surface area contributed by atoms with Gasteiger partial charge < -0.3 is 0 Å². The van der Waals surface area contributed by atoms with Crippen molar-refractivity contribution in [3.8, 4) is 0 Å². The highest BCUT2D eigenvalue weighted by Crippen LogP contribution is 2.74. The van der Waals surface area contributed by atoms with Gasteiger partial charge in [-0.2, -0.15) is 9.98 Å². The van der Waals surface area contributed by atoms with Crippen LogP contribution in [0.25, 0.3) is 0 Å². The third-order valence-electron chi connectivity index (χ3n) is 9.19. The molecule has 14 heteroatoms. The zero-order chi connectivity index (χ0) is 26.8. The van der Waals surface area contributed by atoms with Gasteiger partial charge >= 0.3 is 0 Å². The van der Waals surface area contributed by atoms with Gasteiger partial charge in [-0.05, 0) is 66.4 Å². The molecular formula is C26H12N6O4S4. The lowest BCUT2D eigenvalue weighted by Crippen LogP contribution is -2.60. The van der Waals surface area contributed by atoms with Gasteiger partial charge in [-0.25, -0.2) is 9.98 Å². The molecule has 40 heavy (non-hydrogen) atoms. The smallest absolute Gasteiger partial charge is 0.269 e. The first-order valence-corrected chi connectivity index (χ1v) is 16.7. The van der Waals surface area contributed by atoms with Gasteiger partial charge in [-0.15, -0.1) is 0 Å². The van der Waals surface area contributed by atoms with Crippen LogP contribution in [0.3, 0.4) is 0 Å². The third kappa shape index (κ3) is 2.03. The second kappa shape index (κ2) is 6.64. The lowest BCUT2D eigenvalue weighted by Gasteiger charge is -2.43. The van der Waals surface area contributed by atoms with E-state index in [2.05, 4.69) is 9.98 Å². The predicted molar refractivity (Wildman–Crippen MR) is 154 cm³/mol. The van der Waals surface area contributed by atoms with Gasteiger partial charge in [-0.1, -0.05) is 36.4 Å². The van der Waals surface area contributed by atoms with Crippen molar-refractivity contribution in [2.45, 2.75) is 33.4 Å². The van der Waals surface area contributed by atoms with E-state index < -0.39 is 32.4 Å². The van der Waals surface area contributed by atoms with Gasteiger partial charge in [0.25, 0.3) is 23.6 Å². The Kier molecular flexibility index (Phi) is 3.73. The minimum atomic E-state index is -1.30. The van der Waals surface area contributed by atoms with Crippen LogP contribution in [-0.4, -0.2) is 64.9 Å². The van der Waals surface area contributed by atoms with E-state index in [0.29, 0.717) is 23.0 Å². The molecule has 0 radical (unpaired) electrons. The molecule has 0 aliphatic carbocycles. The van der Waals surface area contributed by atoms with Crippen LogP contribution in [0.15, 0.2) is 68.5 Å². The number of carbonyl (C=O) groups excluding carboxylic acids is 4. The monoisotopic (exact) mass is 600 g/mol. The van der Waals surface area contributed by atoms with E-state index >= 15 is 0 Å². The molecule has 4 atom stereocenters. The number of nitrogens with zero attached hydrogens (tertiary/aromatic N) is 6. The van der Waals surface area contributed by atoms with Gasteiger partial charge in [0.05, 0.1) is 22.2 Å². The normalized spacial score (nSPS) is 37.0. The van der Waals surface area contributed by atoms with E-state index in [0.717, 1.165) is 11.1 Å². The summed E-state index contributed by atoms with van der Waals surface area (Å²) in [6.45, 7) is 0. The molecule has 12 rings (SSSR count). The number of carbonyl (C=O) groups is 4. The number of hydrogen-bond donors (Lipinski definition) is 0. The fourth-order valence-electron chi connectivity index (χ4n) is 7.76. The number of amides is 4. The Morgan fingerprint density at radius 1 is 0.600 bits per heavy atom. The van der Waals surface area contributed by atoms with Crippen LogP contribution in [0.4, 0.5) is 11.4 Å². The molecule has 2 aromatic carbocycles. The first kappa shape index (κ1) is 22.5. The molecule has 2 spiro atoms. The van der Waals surface area contributed by atoms with Gasteiger partial charge in [-0.3, -0.25) is 29.0 Å². The van der Waals surface area contributed by atoms with Gasteiger partial charge in [0.15, 0.2) is 19.8 Å². The summed E-state index contributed by atoms with van der Waals surface area (Å²) in [5.41, 5.74) is 0.874. The van der Waals surface area contributed by atoms with E-state index in [1.54, 1.807) is 9.80 Å². The maximum atomic E-state index is 13.8. The highest BCUT2D eigenvalue weighted by molar-refractivity contribution is 8.84. The Balaban J connectivity index is 1.34. The molecule has 10 aliphatic heterocycles. The minimum Gasteiger partial charge on any atom is -0.269 e. The molecule has 10 nitrogen and oxygen atoms in total. The maximum absolute atomic E-state index is 13.8. The Hall–Kier alpha value is -3.20. The van der Waals surface area contributed by atoms with E-state index in [1.165, 1.54) is 43.2 Å². The van der Waals surface area contributed by atoms with E-state index in [9.17, 15) is 19.2 Å². The number of rotatable bonds is 1. The van der Waals surface area contributed by atoms with Crippen LogP contribution < -0.4 is 0 Å². The second-order valence-electron chi connectivity index (χ2n) is 10.7. The summed E-state index contributed by atoms with van der Waals surface area (Å²) in [5.74, 6) is -0.586. The largest absolute Gasteiger partial charge is 0.287 e. The highest BCUT2D eigenvalue weighted by atomic mass is 33.1. The Bertz CT molecular complexity index is 1770. The van der Waals surface area contributed by atoms with Crippen molar-refractivity contribution >= 4 is 99.9 Å². The molecule has 2 aromatic rings. The van der Waals surface area contributed by atoms with Crippen molar-refractivity contribution in [2.75, 3.05) is 0 Å². The molecule has 4 fully saturated rings. The first-order chi connectivity index (χ1) is 19.4. The second-order valence-corrected chi connectivity index (χ2v) is 15.5. The number of amidine groups is 2. The third-order valence-corrected chi connectivity index (χ3v) is 14.9. The average molecular weight is 601 g/mol. The average Bonchev–Trinajstić information content (AvgIpc) is 3.63. The zero-order valence-corrected chi connectivity index (χ0v) is 23.2. The Morgan fingerprint density at radius 3 is 1.45 bits per heavy atom. The topological polar surface area (TPSA) is 124 Å². The molecule has 4 unspecified atom stereocenters. The van der Waals surface area contributed by atoms with Crippen molar-refractivity contribution in [1.29, 1.82) is 0 Å². The SMILES string of the molecule is O=C1C2=NC(=O)C3(CC4(C56CC78SSC(=NC7=O)C(=O)N8C5=Nc5ccccc56)C(=Nc5ccccc54)N13)SS2. The Labute approximate surface area is 241 Å². The van der Waals surface area contributed by atoms with Crippen molar-refractivity contribution < 1.29 is 19.2 Å². The summed E-state index contributed by atoms with van der Waals surface area (Å²) in [4.78, 5) is 73.9. The van der Waals surface area contributed by atoms with Crippen LogP contribution in [0.2, 0.25) is 0 Å². The summed E-state index contributed by atoms with van der Waals surface area (Å²) < 4.78 is 0.